The molecule has 0 unspecified atom stereocenters. The number of halogens is 1. The van der Waals surface area contributed by atoms with Gasteiger partial charge in [-0.3, -0.25) is 4.79 Å². The van der Waals surface area contributed by atoms with Crippen molar-refractivity contribution < 1.29 is 22.3 Å². The van der Waals surface area contributed by atoms with Crippen LogP contribution in [0.1, 0.15) is 11.1 Å². The summed E-state index contributed by atoms with van der Waals surface area (Å²) in [7, 11) is -2.52. The lowest BCUT2D eigenvalue weighted by Crippen LogP contribution is -2.18. The van der Waals surface area contributed by atoms with Crippen molar-refractivity contribution in [2.45, 2.75) is 17.7 Å². The van der Waals surface area contributed by atoms with Crippen molar-refractivity contribution >= 4 is 21.6 Å². The van der Waals surface area contributed by atoms with Crippen molar-refractivity contribution in [2.75, 3.05) is 19.0 Å². The highest BCUT2D eigenvalue weighted by Crippen LogP contribution is 2.24. The van der Waals surface area contributed by atoms with Gasteiger partial charge in [0.2, 0.25) is 15.9 Å². The first-order valence-corrected chi connectivity index (χ1v) is 10.6. The summed E-state index contributed by atoms with van der Waals surface area (Å²) in [4.78, 5) is 12.1. The van der Waals surface area contributed by atoms with Crippen LogP contribution in [0.15, 0.2) is 59.8 Å². The highest BCUT2D eigenvalue weighted by atomic mass is 32.2. The number of sulfonamides is 1. The predicted molar refractivity (Wildman–Crippen MR) is 109 cm³/mol. The molecule has 0 aliphatic carbocycles. The standard InChI is InChI=1S/C20H21FN4O4S/c1-29-9-8-14-12-23-25(13-14)18-7-6-16(11-19(18)30(22,27)28)24-20(26)10-15-4-2-3-5-17(15)21/h2-7,11-13H,8-10H2,1H3,(H,24,26)(H2,22,27,28). The van der Waals surface area contributed by atoms with E-state index >= 15 is 0 Å². The van der Waals surface area contributed by atoms with Crippen molar-refractivity contribution in [3.05, 3.63) is 71.8 Å². The zero-order valence-electron chi connectivity index (χ0n) is 16.2. The first-order valence-electron chi connectivity index (χ1n) is 9.01. The summed E-state index contributed by atoms with van der Waals surface area (Å²) < 4.78 is 44.4. The number of nitrogens with one attached hydrogen (secondary N) is 1. The number of nitrogens with zero attached hydrogens (tertiary/aromatic N) is 2. The molecule has 158 valence electrons. The lowest BCUT2D eigenvalue weighted by Gasteiger charge is -2.12. The zero-order chi connectivity index (χ0) is 21.7. The molecule has 3 rings (SSSR count). The number of carbonyl (C=O) groups is 1. The number of ether oxygens (including phenoxy) is 1. The monoisotopic (exact) mass is 432 g/mol. The van der Waals surface area contributed by atoms with Crippen molar-refractivity contribution in [1.29, 1.82) is 0 Å². The lowest BCUT2D eigenvalue weighted by molar-refractivity contribution is -0.115. The number of nitrogens with two attached hydrogens (primary N) is 1. The smallest absolute Gasteiger partial charge is 0.240 e. The summed E-state index contributed by atoms with van der Waals surface area (Å²) in [5.41, 5.74) is 1.56. The summed E-state index contributed by atoms with van der Waals surface area (Å²) in [6, 6.07) is 10.2. The molecule has 3 aromatic rings. The number of hydrogen-bond donors (Lipinski definition) is 2. The molecule has 8 nitrogen and oxygen atoms in total. The number of rotatable bonds is 8. The van der Waals surface area contributed by atoms with Crippen LogP contribution < -0.4 is 10.5 Å². The van der Waals surface area contributed by atoms with Gasteiger partial charge in [-0.2, -0.15) is 5.10 Å². The Morgan fingerprint density at radius 2 is 2.03 bits per heavy atom. The van der Waals surface area contributed by atoms with E-state index in [2.05, 4.69) is 10.4 Å². The van der Waals surface area contributed by atoms with Crippen LogP contribution >= 0.6 is 0 Å². The van der Waals surface area contributed by atoms with Gasteiger partial charge >= 0.3 is 0 Å². The molecule has 10 heteroatoms. The molecule has 0 aliphatic rings. The second-order valence-corrected chi connectivity index (χ2v) is 8.11. The van der Waals surface area contributed by atoms with Crippen molar-refractivity contribution in [3.8, 4) is 5.69 Å². The predicted octanol–water partition coefficient (Wildman–Crippen LogP) is 2.03. The topological polar surface area (TPSA) is 116 Å². The van der Waals surface area contributed by atoms with E-state index in [4.69, 9.17) is 9.88 Å². The third kappa shape index (κ3) is 5.29. The molecule has 0 saturated heterocycles. The highest BCUT2D eigenvalue weighted by Gasteiger charge is 2.18. The number of methoxy groups -OCH3 is 1. The fraction of sp³-hybridized carbons (Fsp3) is 0.200. The Balaban J connectivity index is 1.85. The molecule has 1 heterocycles. The van der Waals surface area contributed by atoms with Crippen LogP contribution in [0.25, 0.3) is 5.69 Å². The van der Waals surface area contributed by atoms with E-state index in [1.54, 1.807) is 25.6 Å². The second-order valence-electron chi connectivity index (χ2n) is 6.58. The van der Waals surface area contributed by atoms with E-state index in [1.165, 1.54) is 41.1 Å². The summed E-state index contributed by atoms with van der Waals surface area (Å²) in [5.74, 6) is -0.981. The number of aromatic nitrogens is 2. The van der Waals surface area contributed by atoms with Crippen molar-refractivity contribution in [3.63, 3.8) is 0 Å². The third-order valence-corrected chi connectivity index (χ3v) is 5.28. The zero-order valence-corrected chi connectivity index (χ0v) is 17.0. The summed E-state index contributed by atoms with van der Waals surface area (Å²) >= 11 is 0. The molecule has 0 bridgehead atoms. The van der Waals surface area contributed by atoms with E-state index in [-0.39, 0.29) is 28.3 Å². The number of primary sulfonamides is 1. The van der Waals surface area contributed by atoms with E-state index < -0.39 is 21.7 Å². The first-order chi connectivity index (χ1) is 14.3. The summed E-state index contributed by atoms with van der Waals surface area (Å²) in [5, 5.41) is 12.1. The first kappa shape index (κ1) is 21.6. The number of amides is 1. The van der Waals surface area contributed by atoms with Gasteiger partial charge in [-0.1, -0.05) is 18.2 Å². The largest absolute Gasteiger partial charge is 0.384 e. The number of hydrogen-bond acceptors (Lipinski definition) is 5. The van der Waals surface area contributed by atoms with Crippen LogP contribution in [0.5, 0.6) is 0 Å². The summed E-state index contributed by atoms with van der Waals surface area (Å²) in [6.07, 6.45) is 3.71. The van der Waals surface area contributed by atoms with Gasteiger partial charge in [0.05, 0.1) is 24.9 Å². The average Bonchev–Trinajstić information content (AvgIpc) is 3.16. The Hall–Kier alpha value is -3.08. The van der Waals surface area contributed by atoms with Crippen molar-refractivity contribution in [1.82, 2.24) is 9.78 Å². The van der Waals surface area contributed by atoms with Crippen LogP contribution in [0.4, 0.5) is 10.1 Å². The Kier molecular flexibility index (Phi) is 6.60. The van der Waals surface area contributed by atoms with Crippen molar-refractivity contribution in [2.24, 2.45) is 5.14 Å². The Morgan fingerprint density at radius 1 is 1.27 bits per heavy atom. The van der Waals surface area contributed by atoms with Gasteiger partial charge in [0.15, 0.2) is 0 Å². The Labute approximate surface area is 173 Å². The van der Waals surface area contributed by atoms with Gasteiger partial charge in [0.1, 0.15) is 10.7 Å². The maximum Gasteiger partial charge on any atom is 0.240 e. The van der Waals surface area contributed by atoms with Gasteiger partial charge in [0, 0.05) is 19.0 Å². The van der Waals surface area contributed by atoms with Crippen LogP contribution in [-0.2, 0) is 32.4 Å². The van der Waals surface area contributed by atoms with Gasteiger partial charge in [-0.25, -0.2) is 22.6 Å². The maximum atomic E-state index is 13.7. The van der Waals surface area contributed by atoms with Crippen LogP contribution in [0.2, 0.25) is 0 Å². The molecule has 1 amide bonds. The van der Waals surface area contributed by atoms with E-state index in [0.29, 0.717) is 13.0 Å². The molecule has 0 aliphatic heterocycles. The molecule has 1 aromatic heterocycles. The minimum atomic E-state index is -4.11. The van der Waals surface area contributed by atoms with Gasteiger partial charge in [-0.15, -0.1) is 0 Å². The fourth-order valence-corrected chi connectivity index (χ4v) is 3.61. The lowest BCUT2D eigenvalue weighted by atomic mass is 10.1. The molecule has 30 heavy (non-hydrogen) atoms. The maximum absolute atomic E-state index is 13.7. The summed E-state index contributed by atoms with van der Waals surface area (Å²) in [6.45, 7) is 0.501. The molecular weight excluding hydrogens is 411 g/mol. The normalized spacial score (nSPS) is 11.4. The third-order valence-electron chi connectivity index (χ3n) is 4.34. The quantitative estimate of drug-likeness (QED) is 0.565. The fourth-order valence-electron chi connectivity index (χ4n) is 2.87. The SMILES string of the molecule is COCCc1cnn(-c2ccc(NC(=O)Cc3ccccc3F)cc2S(N)(=O)=O)c1. The molecule has 0 saturated carbocycles. The van der Waals surface area contributed by atoms with E-state index in [0.717, 1.165) is 5.56 Å². The van der Waals surface area contributed by atoms with E-state index in [1.807, 2.05) is 0 Å². The molecule has 0 radical (unpaired) electrons. The molecule has 0 atom stereocenters. The Morgan fingerprint density at radius 3 is 2.73 bits per heavy atom. The average molecular weight is 432 g/mol. The minimum absolute atomic E-state index is 0.193. The van der Waals surface area contributed by atoms with Gasteiger partial charge in [-0.05, 0) is 41.8 Å². The number of carbonyl (C=O) groups excluding carboxylic acids is 1. The minimum Gasteiger partial charge on any atom is -0.384 e. The van der Waals surface area contributed by atoms with E-state index in [9.17, 15) is 17.6 Å². The molecule has 0 fully saturated rings. The molecule has 3 N–H and O–H groups in total. The molecular formula is C20H21FN4O4S. The Bertz CT molecular complexity index is 1160. The van der Waals surface area contributed by atoms with Gasteiger partial charge < -0.3 is 10.1 Å². The molecule has 2 aromatic carbocycles. The van der Waals surface area contributed by atoms with Crippen LogP contribution in [0.3, 0.4) is 0 Å². The highest BCUT2D eigenvalue weighted by molar-refractivity contribution is 7.89. The second kappa shape index (κ2) is 9.16. The number of benzene rings is 2. The molecule has 0 spiro atoms. The number of anilines is 1. The van der Waals surface area contributed by atoms with Gasteiger partial charge in [0.25, 0.3) is 0 Å². The van der Waals surface area contributed by atoms with Crippen LogP contribution in [-0.4, -0.2) is 37.8 Å². The van der Waals surface area contributed by atoms with Crippen LogP contribution in [0, 0.1) is 5.82 Å².